The first-order chi connectivity index (χ1) is 15.8. The van der Waals surface area contributed by atoms with Gasteiger partial charge in [-0.25, -0.2) is 14.2 Å². The highest BCUT2D eigenvalue weighted by molar-refractivity contribution is 7.07. The molecule has 3 aromatic rings. The molecule has 0 bridgehead atoms. The maximum absolute atomic E-state index is 13.6. The number of benzene rings is 2. The molecule has 7 heteroatoms. The van der Waals surface area contributed by atoms with E-state index in [1.54, 1.807) is 26.0 Å². The molecule has 0 fully saturated rings. The van der Waals surface area contributed by atoms with E-state index >= 15 is 0 Å². The van der Waals surface area contributed by atoms with Gasteiger partial charge in [0, 0.05) is 0 Å². The van der Waals surface area contributed by atoms with Gasteiger partial charge in [-0.3, -0.25) is 9.36 Å². The van der Waals surface area contributed by atoms with Gasteiger partial charge in [-0.1, -0.05) is 61.6 Å². The summed E-state index contributed by atoms with van der Waals surface area (Å²) in [5.41, 5.74) is 3.25. The lowest BCUT2D eigenvalue weighted by Gasteiger charge is -2.24. The minimum atomic E-state index is -0.744. The number of esters is 1. The van der Waals surface area contributed by atoms with Gasteiger partial charge in [-0.2, -0.15) is 0 Å². The molecule has 0 saturated carbocycles. The molecule has 0 amide bonds. The average molecular weight is 465 g/mol. The van der Waals surface area contributed by atoms with Crippen LogP contribution in [0.1, 0.15) is 56.3 Å². The lowest BCUT2D eigenvalue weighted by atomic mass is 9.96. The van der Waals surface area contributed by atoms with Crippen LogP contribution in [0.4, 0.5) is 4.39 Å². The number of hydrogen-bond acceptors (Lipinski definition) is 5. The van der Waals surface area contributed by atoms with E-state index in [-0.39, 0.29) is 17.7 Å². The molecule has 5 nitrogen and oxygen atoms in total. The number of nitrogens with zero attached hydrogens (tertiary/aromatic N) is 2. The maximum Gasteiger partial charge on any atom is 0.338 e. The van der Waals surface area contributed by atoms with Gasteiger partial charge in [0.05, 0.1) is 28.5 Å². The van der Waals surface area contributed by atoms with Crippen molar-refractivity contribution in [3.05, 3.63) is 102 Å². The van der Waals surface area contributed by atoms with E-state index in [2.05, 4.69) is 31.0 Å². The van der Waals surface area contributed by atoms with Crippen molar-refractivity contribution in [1.82, 2.24) is 4.57 Å². The number of halogens is 1. The molecule has 1 aliphatic rings. The van der Waals surface area contributed by atoms with Crippen LogP contribution in [0.25, 0.3) is 6.08 Å². The zero-order chi connectivity index (χ0) is 23.7. The molecule has 1 atom stereocenters. The third-order valence-corrected chi connectivity index (χ3v) is 6.59. The first kappa shape index (κ1) is 22.9. The van der Waals surface area contributed by atoms with Crippen LogP contribution in [-0.2, 0) is 9.53 Å². The zero-order valence-corrected chi connectivity index (χ0v) is 19.8. The van der Waals surface area contributed by atoms with E-state index in [0.29, 0.717) is 26.5 Å². The van der Waals surface area contributed by atoms with Crippen molar-refractivity contribution in [2.45, 2.75) is 39.7 Å². The Morgan fingerprint density at radius 1 is 1.18 bits per heavy atom. The van der Waals surface area contributed by atoms with Gasteiger partial charge < -0.3 is 4.74 Å². The van der Waals surface area contributed by atoms with E-state index in [9.17, 15) is 14.0 Å². The van der Waals surface area contributed by atoms with Crippen molar-refractivity contribution >= 4 is 23.4 Å². The minimum Gasteiger partial charge on any atom is -0.463 e. The molecule has 0 saturated heterocycles. The Bertz CT molecular complexity index is 1400. The van der Waals surface area contributed by atoms with Crippen molar-refractivity contribution < 1.29 is 13.9 Å². The van der Waals surface area contributed by atoms with E-state index < -0.39 is 17.8 Å². The molecule has 0 unspecified atom stereocenters. The molecular formula is C26H25FN2O3S. The summed E-state index contributed by atoms with van der Waals surface area (Å²) in [6.07, 6.45) is 1.83. The molecule has 33 heavy (non-hydrogen) atoms. The molecule has 2 aromatic carbocycles. The smallest absolute Gasteiger partial charge is 0.338 e. The number of ether oxygens (including phenoxy) is 1. The number of hydrogen-bond donors (Lipinski definition) is 0. The van der Waals surface area contributed by atoms with Crippen LogP contribution in [0.3, 0.4) is 0 Å². The number of carbonyl (C=O) groups is 1. The van der Waals surface area contributed by atoms with Gasteiger partial charge in [0.15, 0.2) is 4.80 Å². The van der Waals surface area contributed by atoms with Crippen LogP contribution in [0.2, 0.25) is 0 Å². The van der Waals surface area contributed by atoms with E-state index in [1.807, 2.05) is 18.2 Å². The Morgan fingerprint density at radius 2 is 1.85 bits per heavy atom. The van der Waals surface area contributed by atoms with E-state index in [1.165, 1.54) is 33.6 Å². The summed E-state index contributed by atoms with van der Waals surface area (Å²) < 4.78 is 20.9. The lowest BCUT2D eigenvalue weighted by Crippen LogP contribution is -2.39. The summed E-state index contributed by atoms with van der Waals surface area (Å²) >= 11 is 1.27. The summed E-state index contributed by atoms with van der Waals surface area (Å²) in [6, 6.07) is 13.1. The fourth-order valence-corrected chi connectivity index (χ4v) is 4.93. The minimum absolute atomic E-state index is 0.197. The Labute approximate surface area is 195 Å². The molecule has 0 aliphatic carbocycles. The normalized spacial score (nSPS) is 16.1. The van der Waals surface area contributed by atoms with Crippen molar-refractivity contribution in [1.29, 1.82) is 0 Å². The fourth-order valence-electron chi connectivity index (χ4n) is 3.88. The molecule has 1 aromatic heterocycles. The van der Waals surface area contributed by atoms with Gasteiger partial charge in [0.2, 0.25) is 0 Å². The number of thiazole rings is 1. The quantitative estimate of drug-likeness (QED) is 0.535. The second-order valence-corrected chi connectivity index (χ2v) is 9.18. The number of carbonyl (C=O) groups excluding carboxylic acids is 1. The standard InChI is InChI=1S/C26H25FN2O3S/c1-5-32-25(31)22-16(4)28-26-29(23(22)19-10-12-20(27)13-11-19)24(30)21(33-26)14-17-6-8-18(9-7-17)15(2)3/h6-15,23H,5H2,1-4H3/t23-/m0/s1. The summed E-state index contributed by atoms with van der Waals surface area (Å²) in [5, 5.41) is 0. The number of rotatable bonds is 5. The Hall–Kier alpha value is -3.32. The molecule has 170 valence electrons. The molecule has 4 rings (SSSR count). The van der Waals surface area contributed by atoms with Gasteiger partial charge in [-0.15, -0.1) is 0 Å². The van der Waals surface area contributed by atoms with Gasteiger partial charge in [0.25, 0.3) is 5.56 Å². The SMILES string of the molecule is CCOC(=O)C1=C(C)N=c2sc(=Cc3ccc(C(C)C)cc3)c(=O)n2[C@H]1c1ccc(F)cc1. The summed E-state index contributed by atoms with van der Waals surface area (Å²) in [4.78, 5) is 31.4. The third kappa shape index (κ3) is 4.46. The highest BCUT2D eigenvalue weighted by atomic mass is 32.1. The zero-order valence-electron chi connectivity index (χ0n) is 19.0. The largest absolute Gasteiger partial charge is 0.463 e. The lowest BCUT2D eigenvalue weighted by molar-refractivity contribution is -0.139. The second kappa shape index (κ2) is 9.27. The highest BCUT2D eigenvalue weighted by Crippen LogP contribution is 2.30. The molecule has 2 heterocycles. The predicted molar refractivity (Wildman–Crippen MR) is 127 cm³/mol. The van der Waals surface area contributed by atoms with Crippen LogP contribution < -0.4 is 14.9 Å². The van der Waals surface area contributed by atoms with Crippen LogP contribution in [-0.4, -0.2) is 17.1 Å². The fraction of sp³-hybridized carbons (Fsp3) is 0.269. The molecule has 1 aliphatic heterocycles. The van der Waals surface area contributed by atoms with Crippen LogP contribution in [0.5, 0.6) is 0 Å². The Morgan fingerprint density at radius 3 is 2.45 bits per heavy atom. The summed E-state index contributed by atoms with van der Waals surface area (Å²) in [6.45, 7) is 7.91. The summed E-state index contributed by atoms with van der Waals surface area (Å²) in [7, 11) is 0. The van der Waals surface area contributed by atoms with Crippen LogP contribution in [0.15, 0.2) is 69.6 Å². The van der Waals surface area contributed by atoms with Crippen molar-refractivity contribution in [2.24, 2.45) is 4.99 Å². The highest BCUT2D eigenvalue weighted by Gasteiger charge is 2.33. The predicted octanol–water partition coefficient (Wildman–Crippen LogP) is 4.06. The van der Waals surface area contributed by atoms with Gasteiger partial charge in [-0.05, 0) is 54.7 Å². The summed E-state index contributed by atoms with van der Waals surface area (Å²) in [5.74, 6) is -0.509. The monoisotopic (exact) mass is 464 g/mol. The van der Waals surface area contributed by atoms with Gasteiger partial charge in [0.1, 0.15) is 5.82 Å². The number of aromatic nitrogens is 1. The second-order valence-electron chi connectivity index (χ2n) is 8.18. The van der Waals surface area contributed by atoms with Crippen molar-refractivity contribution in [3.63, 3.8) is 0 Å². The van der Waals surface area contributed by atoms with Crippen molar-refractivity contribution in [2.75, 3.05) is 6.61 Å². The topological polar surface area (TPSA) is 60.7 Å². The molecule has 0 spiro atoms. The van der Waals surface area contributed by atoms with Crippen LogP contribution in [0, 0.1) is 5.82 Å². The molecule has 0 radical (unpaired) electrons. The first-order valence-corrected chi connectivity index (χ1v) is 11.7. The first-order valence-electron chi connectivity index (χ1n) is 10.8. The third-order valence-electron chi connectivity index (χ3n) is 5.60. The average Bonchev–Trinajstić information content (AvgIpc) is 3.08. The van der Waals surface area contributed by atoms with Crippen LogP contribution >= 0.6 is 11.3 Å². The van der Waals surface area contributed by atoms with E-state index in [4.69, 9.17) is 4.74 Å². The molecular weight excluding hydrogens is 439 g/mol. The van der Waals surface area contributed by atoms with Gasteiger partial charge >= 0.3 is 5.97 Å². The van der Waals surface area contributed by atoms with E-state index in [0.717, 1.165) is 5.56 Å². The Balaban J connectivity index is 1.90. The number of allylic oxidation sites excluding steroid dienone is 1. The molecule has 0 N–H and O–H groups in total. The Kier molecular flexibility index (Phi) is 6.42. The van der Waals surface area contributed by atoms with Crippen molar-refractivity contribution in [3.8, 4) is 0 Å². The maximum atomic E-state index is 13.6. The number of fused-ring (bicyclic) bond motifs is 1.